The Kier molecular flexibility index (Phi) is 7.76. The summed E-state index contributed by atoms with van der Waals surface area (Å²) < 4.78 is 20.0. The molecular formula is C28H37FN4O. The fraction of sp³-hybridized carbons (Fsp3) is 0.464. The van der Waals surface area contributed by atoms with Crippen molar-refractivity contribution in [2.24, 2.45) is 0 Å². The number of anilines is 1. The zero-order chi connectivity index (χ0) is 24.1. The van der Waals surface area contributed by atoms with Gasteiger partial charge in [-0.3, -0.25) is 0 Å². The molecule has 1 fully saturated rings. The van der Waals surface area contributed by atoms with Crippen molar-refractivity contribution in [2.75, 3.05) is 38.1 Å². The molecule has 1 saturated heterocycles. The van der Waals surface area contributed by atoms with Crippen molar-refractivity contribution in [2.45, 2.75) is 52.0 Å². The standard InChI is InChI=1S/C28H37FN4O/c1-5-34-27-13-11-23(19-25(27)29)26(18-20(2)3)33-17-16-32(21(33)4)15-7-9-24-12-10-22-8-6-14-30-28(22)31-24/h10-13,19,26H,2,4-9,14-18H2,1,3H3,(H,30,31)/t26-/m0/s1. The summed E-state index contributed by atoms with van der Waals surface area (Å²) in [5, 5.41) is 3.42. The minimum Gasteiger partial charge on any atom is -0.491 e. The molecular weight excluding hydrogens is 427 g/mol. The first kappa shape index (κ1) is 24.1. The first-order valence-electron chi connectivity index (χ1n) is 12.5. The van der Waals surface area contributed by atoms with Gasteiger partial charge in [-0.25, -0.2) is 9.37 Å². The zero-order valence-electron chi connectivity index (χ0n) is 20.6. The van der Waals surface area contributed by atoms with Gasteiger partial charge in [0.1, 0.15) is 5.82 Å². The van der Waals surface area contributed by atoms with Crippen molar-refractivity contribution in [3.8, 4) is 5.75 Å². The lowest BCUT2D eigenvalue weighted by atomic mass is 9.98. The minimum absolute atomic E-state index is 0.00793. The molecule has 0 radical (unpaired) electrons. The maximum atomic E-state index is 14.6. The van der Waals surface area contributed by atoms with Crippen molar-refractivity contribution in [1.82, 2.24) is 14.8 Å². The van der Waals surface area contributed by atoms with Gasteiger partial charge in [-0.05, 0) is 75.3 Å². The highest BCUT2D eigenvalue weighted by Crippen LogP contribution is 2.35. The Morgan fingerprint density at radius 2 is 2.12 bits per heavy atom. The Morgan fingerprint density at radius 1 is 1.26 bits per heavy atom. The number of hydrogen-bond acceptors (Lipinski definition) is 5. The summed E-state index contributed by atoms with van der Waals surface area (Å²) in [6.45, 7) is 16.6. The van der Waals surface area contributed by atoms with Crippen LogP contribution < -0.4 is 10.1 Å². The third kappa shape index (κ3) is 5.54. The number of aryl methyl sites for hydroxylation is 2. The van der Waals surface area contributed by atoms with Crippen molar-refractivity contribution < 1.29 is 9.13 Å². The summed E-state index contributed by atoms with van der Waals surface area (Å²) in [6, 6.07) is 9.70. The lowest BCUT2D eigenvalue weighted by Crippen LogP contribution is -2.27. The number of rotatable bonds is 10. The summed E-state index contributed by atoms with van der Waals surface area (Å²) in [7, 11) is 0. The van der Waals surface area contributed by atoms with E-state index in [0.717, 1.165) is 80.3 Å². The molecule has 1 atom stereocenters. The number of pyridine rings is 1. The molecule has 0 bridgehead atoms. The van der Waals surface area contributed by atoms with E-state index in [9.17, 15) is 4.39 Å². The lowest BCUT2D eigenvalue weighted by molar-refractivity contribution is 0.264. The monoisotopic (exact) mass is 464 g/mol. The molecule has 5 nitrogen and oxygen atoms in total. The Bertz CT molecular complexity index is 1040. The van der Waals surface area contributed by atoms with Crippen LogP contribution in [0.15, 0.2) is 54.9 Å². The summed E-state index contributed by atoms with van der Waals surface area (Å²) in [5.41, 5.74) is 4.46. The average Bonchev–Trinajstić information content (AvgIpc) is 3.18. The topological polar surface area (TPSA) is 40.6 Å². The number of hydrogen-bond donors (Lipinski definition) is 1. The normalized spacial score (nSPS) is 16.3. The molecule has 2 aliphatic heterocycles. The summed E-state index contributed by atoms with van der Waals surface area (Å²) in [4.78, 5) is 9.46. The molecule has 0 saturated carbocycles. The van der Waals surface area contributed by atoms with Gasteiger partial charge in [0.15, 0.2) is 11.6 Å². The smallest absolute Gasteiger partial charge is 0.165 e. The van der Waals surface area contributed by atoms with Crippen LogP contribution >= 0.6 is 0 Å². The van der Waals surface area contributed by atoms with Crippen LogP contribution in [-0.4, -0.2) is 47.6 Å². The second-order valence-corrected chi connectivity index (χ2v) is 9.34. The third-order valence-electron chi connectivity index (χ3n) is 6.68. The maximum absolute atomic E-state index is 14.6. The molecule has 0 spiro atoms. The van der Waals surface area contributed by atoms with Gasteiger partial charge in [0, 0.05) is 31.9 Å². The number of aromatic nitrogens is 1. The van der Waals surface area contributed by atoms with Crippen molar-refractivity contribution >= 4 is 5.82 Å². The van der Waals surface area contributed by atoms with Gasteiger partial charge in [0.05, 0.1) is 18.5 Å². The maximum Gasteiger partial charge on any atom is 0.165 e. The van der Waals surface area contributed by atoms with E-state index in [-0.39, 0.29) is 11.9 Å². The van der Waals surface area contributed by atoms with E-state index < -0.39 is 0 Å². The van der Waals surface area contributed by atoms with Crippen LogP contribution in [0.5, 0.6) is 5.75 Å². The van der Waals surface area contributed by atoms with E-state index in [1.54, 1.807) is 12.1 Å². The molecule has 1 N–H and O–H groups in total. The highest BCUT2D eigenvalue weighted by Gasteiger charge is 2.30. The molecule has 2 aromatic rings. The molecule has 0 aliphatic carbocycles. The van der Waals surface area contributed by atoms with Crippen molar-refractivity contribution in [3.05, 3.63) is 77.5 Å². The van der Waals surface area contributed by atoms with Gasteiger partial charge in [-0.2, -0.15) is 0 Å². The molecule has 2 aliphatic rings. The van der Waals surface area contributed by atoms with Gasteiger partial charge >= 0.3 is 0 Å². The fourth-order valence-corrected chi connectivity index (χ4v) is 4.94. The molecule has 1 aromatic carbocycles. The molecule has 6 heteroatoms. The van der Waals surface area contributed by atoms with Crippen LogP contribution in [0.4, 0.5) is 10.2 Å². The van der Waals surface area contributed by atoms with Gasteiger partial charge < -0.3 is 19.9 Å². The Labute approximate surface area is 203 Å². The van der Waals surface area contributed by atoms with Crippen molar-refractivity contribution in [1.29, 1.82) is 0 Å². The number of ether oxygens (including phenoxy) is 1. The van der Waals surface area contributed by atoms with Gasteiger partial charge in [-0.1, -0.05) is 24.3 Å². The molecule has 1 aromatic heterocycles. The van der Waals surface area contributed by atoms with E-state index in [2.05, 4.69) is 40.4 Å². The lowest BCUT2D eigenvalue weighted by Gasteiger charge is -2.32. The van der Waals surface area contributed by atoms with Crippen molar-refractivity contribution in [3.63, 3.8) is 0 Å². The van der Waals surface area contributed by atoms with Crippen LogP contribution in [0.25, 0.3) is 0 Å². The first-order chi connectivity index (χ1) is 16.5. The predicted molar refractivity (Wildman–Crippen MR) is 137 cm³/mol. The Balaban J connectivity index is 1.39. The van der Waals surface area contributed by atoms with Crippen LogP contribution in [0.1, 0.15) is 56.0 Å². The quantitative estimate of drug-likeness (QED) is 0.456. The number of nitrogens with zero attached hydrogens (tertiary/aromatic N) is 3. The Morgan fingerprint density at radius 3 is 2.88 bits per heavy atom. The third-order valence-corrected chi connectivity index (χ3v) is 6.68. The average molecular weight is 465 g/mol. The summed E-state index contributed by atoms with van der Waals surface area (Å²) >= 11 is 0. The molecule has 0 amide bonds. The fourth-order valence-electron chi connectivity index (χ4n) is 4.94. The zero-order valence-corrected chi connectivity index (χ0v) is 20.6. The highest BCUT2D eigenvalue weighted by molar-refractivity contribution is 5.47. The van der Waals surface area contributed by atoms with Crippen LogP contribution in [0, 0.1) is 5.82 Å². The molecule has 0 unspecified atom stereocenters. The van der Waals surface area contributed by atoms with Gasteiger partial charge in [0.2, 0.25) is 0 Å². The predicted octanol–water partition coefficient (Wildman–Crippen LogP) is 5.71. The number of halogens is 1. The molecule has 4 rings (SSSR count). The minimum atomic E-state index is -0.320. The first-order valence-corrected chi connectivity index (χ1v) is 12.5. The second-order valence-electron chi connectivity index (χ2n) is 9.34. The largest absolute Gasteiger partial charge is 0.491 e. The van der Waals surface area contributed by atoms with Gasteiger partial charge in [-0.15, -0.1) is 6.58 Å². The summed E-state index contributed by atoms with van der Waals surface area (Å²) in [5.74, 6) is 2.04. The van der Waals surface area contributed by atoms with Crippen LogP contribution in [0.2, 0.25) is 0 Å². The van der Waals surface area contributed by atoms with E-state index in [0.29, 0.717) is 12.4 Å². The highest BCUT2D eigenvalue weighted by atomic mass is 19.1. The number of fused-ring (bicyclic) bond motifs is 1. The molecule has 3 heterocycles. The van der Waals surface area contributed by atoms with Crippen LogP contribution in [0.3, 0.4) is 0 Å². The van der Waals surface area contributed by atoms with Crippen LogP contribution in [-0.2, 0) is 12.8 Å². The Hall–Kier alpha value is -3.02. The SMILES string of the molecule is C=C(C)C[C@@H](c1ccc(OCC)c(F)c1)N1CCN(CCCc2ccc3c(n2)NCCC3)C1=C. The van der Waals surface area contributed by atoms with E-state index in [1.807, 2.05) is 19.9 Å². The number of nitrogens with one attached hydrogen (secondary N) is 1. The van der Waals surface area contributed by atoms with E-state index in [1.165, 1.54) is 12.0 Å². The van der Waals surface area contributed by atoms with Gasteiger partial charge in [0.25, 0.3) is 0 Å². The van der Waals surface area contributed by atoms with E-state index in [4.69, 9.17) is 9.72 Å². The molecule has 34 heavy (non-hydrogen) atoms. The summed E-state index contributed by atoms with van der Waals surface area (Å²) in [6.07, 6.45) is 5.01. The second kappa shape index (κ2) is 10.9. The van der Waals surface area contributed by atoms with E-state index >= 15 is 0 Å². The molecule has 182 valence electrons. The number of benzene rings is 1.